The lowest BCUT2D eigenvalue weighted by Crippen LogP contribution is -2.17. The lowest BCUT2D eigenvalue weighted by molar-refractivity contribution is 0.547. The van der Waals surface area contributed by atoms with E-state index in [0.717, 1.165) is 23.1 Å². The molecule has 0 spiro atoms. The van der Waals surface area contributed by atoms with Gasteiger partial charge in [0.15, 0.2) is 0 Å². The Labute approximate surface area is 125 Å². The van der Waals surface area contributed by atoms with Gasteiger partial charge in [0.05, 0.1) is 11.6 Å². The van der Waals surface area contributed by atoms with Crippen LogP contribution < -0.4 is 10.6 Å². The van der Waals surface area contributed by atoms with Crippen LogP contribution in [0.3, 0.4) is 0 Å². The molecule has 0 saturated heterocycles. The first-order valence-electron chi connectivity index (χ1n) is 6.77. The minimum Gasteiger partial charge on any atom is -0.373 e. The van der Waals surface area contributed by atoms with Gasteiger partial charge in [-0.3, -0.25) is 0 Å². The number of aromatic nitrogens is 2. The third-order valence-corrected chi connectivity index (χ3v) is 2.94. The van der Waals surface area contributed by atoms with Crippen molar-refractivity contribution in [3.05, 3.63) is 41.7 Å². The van der Waals surface area contributed by atoms with Gasteiger partial charge < -0.3 is 10.6 Å². The molecule has 0 atom stereocenters. The SMILES string of the molecule is CNc1cc(Nc2ccc(C#N)cc2)nc(C(C)(C)C)n1. The molecule has 0 saturated carbocycles. The molecular weight excluding hydrogens is 262 g/mol. The van der Waals surface area contributed by atoms with Crippen LogP contribution in [0.2, 0.25) is 0 Å². The number of hydrogen-bond donors (Lipinski definition) is 2. The fourth-order valence-electron chi connectivity index (χ4n) is 1.75. The normalized spacial score (nSPS) is 10.8. The number of nitrogens with one attached hydrogen (secondary N) is 2. The average molecular weight is 281 g/mol. The summed E-state index contributed by atoms with van der Waals surface area (Å²) in [5, 5.41) is 15.1. The second kappa shape index (κ2) is 5.80. The molecule has 0 aliphatic carbocycles. The lowest BCUT2D eigenvalue weighted by atomic mass is 9.96. The van der Waals surface area contributed by atoms with Crippen LogP contribution in [0.25, 0.3) is 0 Å². The molecule has 1 aromatic carbocycles. The van der Waals surface area contributed by atoms with Crippen molar-refractivity contribution in [1.29, 1.82) is 5.26 Å². The topological polar surface area (TPSA) is 73.6 Å². The molecule has 0 unspecified atom stereocenters. The zero-order valence-electron chi connectivity index (χ0n) is 12.7. The van der Waals surface area contributed by atoms with Gasteiger partial charge in [-0.1, -0.05) is 20.8 Å². The molecule has 0 fully saturated rings. The van der Waals surface area contributed by atoms with Crippen molar-refractivity contribution in [2.75, 3.05) is 17.7 Å². The Balaban J connectivity index is 2.32. The highest BCUT2D eigenvalue weighted by molar-refractivity contribution is 5.60. The maximum atomic E-state index is 8.81. The number of benzene rings is 1. The molecule has 2 rings (SSSR count). The van der Waals surface area contributed by atoms with E-state index in [4.69, 9.17) is 5.26 Å². The molecule has 5 nitrogen and oxygen atoms in total. The predicted molar refractivity (Wildman–Crippen MR) is 84.7 cm³/mol. The van der Waals surface area contributed by atoms with Gasteiger partial charge in [0, 0.05) is 24.2 Å². The minimum absolute atomic E-state index is 0.131. The first-order chi connectivity index (χ1) is 9.92. The molecule has 2 aromatic rings. The summed E-state index contributed by atoms with van der Waals surface area (Å²) in [6.45, 7) is 6.23. The molecule has 21 heavy (non-hydrogen) atoms. The second-order valence-corrected chi connectivity index (χ2v) is 5.78. The van der Waals surface area contributed by atoms with Crippen molar-refractivity contribution in [2.24, 2.45) is 0 Å². The van der Waals surface area contributed by atoms with E-state index in [-0.39, 0.29) is 5.41 Å². The van der Waals surface area contributed by atoms with Crippen molar-refractivity contribution < 1.29 is 0 Å². The van der Waals surface area contributed by atoms with Gasteiger partial charge in [-0.05, 0) is 24.3 Å². The zero-order valence-corrected chi connectivity index (χ0v) is 12.7. The van der Waals surface area contributed by atoms with Crippen LogP contribution in [0.5, 0.6) is 0 Å². The van der Waals surface area contributed by atoms with Crippen LogP contribution in [0.15, 0.2) is 30.3 Å². The summed E-state index contributed by atoms with van der Waals surface area (Å²) >= 11 is 0. The van der Waals surface area contributed by atoms with Crippen molar-refractivity contribution in [3.63, 3.8) is 0 Å². The van der Waals surface area contributed by atoms with Crippen LogP contribution in [0.4, 0.5) is 17.3 Å². The Kier molecular flexibility index (Phi) is 4.08. The molecule has 108 valence electrons. The number of nitriles is 1. The first-order valence-corrected chi connectivity index (χ1v) is 6.77. The molecule has 0 bridgehead atoms. The molecule has 0 radical (unpaired) electrons. The van der Waals surface area contributed by atoms with Gasteiger partial charge in [-0.25, -0.2) is 9.97 Å². The highest BCUT2D eigenvalue weighted by Gasteiger charge is 2.19. The van der Waals surface area contributed by atoms with E-state index in [0.29, 0.717) is 5.56 Å². The Morgan fingerprint density at radius 3 is 2.19 bits per heavy atom. The van der Waals surface area contributed by atoms with Gasteiger partial charge in [-0.2, -0.15) is 5.26 Å². The molecule has 1 heterocycles. The summed E-state index contributed by atoms with van der Waals surface area (Å²) in [6.07, 6.45) is 0. The summed E-state index contributed by atoms with van der Waals surface area (Å²) in [5.74, 6) is 2.26. The molecule has 5 heteroatoms. The summed E-state index contributed by atoms with van der Waals surface area (Å²) in [7, 11) is 1.83. The average Bonchev–Trinajstić information content (AvgIpc) is 2.46. The fraction of sp³-hybridized carbons (Fsp3) is 0.312. The van der Waals surface area contributed by atoms with E-state index in [1.807, 2.05) is 25.2 Å². The van der Waals surface area contributed by atoms with E-state index < -0.39 is 0 Å². The van der Waals surface area contributed by atoms with Crippen molar-refractivity contribution in [1.82, 2.24) is 9.97 Å². The van der Waals surface area contributed by atoms with Gasteiger partial charge in [0.1, 0.15) is 17.5 Å². The standard InChI is InChI=1S/C16H19N5/c1-16(2,3)15-20-13(18-4)9-14(21-15)19-12-7-5-11(10-17)6-8-12/h5-9H,1-4H3,(H2,18,19,20,21). The quantitative estimate of drug-likeness (QED) is 0.901. The van der Waals surface area contributed by atoms with E-state index in [2.05, 4.69) is 47.4 Å². The maximum Gasteiger partial charge on any atom is 0.138 e. The Morgan fingerprint density at radius 1 is 1.05 bits per heavy atom. The summed E-state index contributed by atoms with van der Waals surface area (Å²) in [4.78, 5) is 9.05. The Bertz CT molecular complexity index is 663. The van der Waals surface area contributed by atoms with Crippen molar-refractivity contribution >= 4 is 17.3 Å². The summed E-state index contributed by atoms with van der Waals surface area (Å²) in [5.41, 5.74) is 1.39. The fourth-order valence-corrected chi connectivity index (χ4v) is 1.75. The van der Waals surface area contributed by atoms with Crippen molar-refractivity contribution in [2.45, 2.75) is 26.2 Å². The highest BCUT2D eigenvalue weighted by Crippen LogP contribution is 2.24. The predicted octanol–water partition coefficient (Wildman–Crippen LogP) is 3.43. The number of nitrogens with zero attached hydrogens (tertiary/aromatic N) is 3. The van der Waals surface area contributed by atoms with Gasteiger partial charge >= 0.3 is 0 Å². The summed E-state index contributed by atoms with van der Waals surface area (Å²) in [6, 6.07) is 11.2. The largest absolute Gasteiger partial charge is 0.373 e. The van der Waals surface area contributed by atoms with Gasteiger partial charge in [0.25, 0.3) is 0 Å². The van der Waals surface area contributed by atoms with E-state index in [9.17, 15) is 0 Å². The molecule has 0 amide bonds. The Morgan fingerprint density at radius 2 is 1.67 bits per heavy atom. The van der Waals surface area contributed by atoms with Crippen LogP contribution in [0.1, 0.15) is 32.2 Å². The van der Waals surface area contributed by atoms with E-state index in [1.54, 1.807) is 12.1 Å². The number of rotatable bonds is 3. The molecular formula is C16H19N5. The summed E-state index contributed by atoms with van der Waals surface area (Å²) < 4.78 is 0. The van der Waals surface area contributed by atoms with Crippen LogP contribution >= 0.6 is 0 Å². The van der Waals surface area contributed by atoms with Crippen molar-refractivity contribution in [3.8, 4) is 6.07 Å². The highest BCUT2D eigenvalue weighted by atomic mass is 15.1. The van der Waals surface area contributed by atoms with E-state index >= 15 is 0 Å². The zero-order chi connectivity index (χ0) is 15.5. The van der Waals surface area contributed by atoms with Gasteiger partial charge in [-0.15, -0.1) is 0 Å². The Hall–Kier alpha value is -2.61. The lowest BCUT2D eigenvalue weighted by Gasteiger charge is -2.19. The van der Waals surface area contributed by atoms with E-state index in [1.165, 1.54) is 0 Å². The second-order valence-electron chi connectivity index (χ2n) is 5.78. The first kappa shape index (κ1) is 14.8. The minimum atomic E-state index is -0.131. The smallest absolute Gasteiger partial charge is 0.138 e. The maximum absolute atomic E-state index is 8.81. The third kappa shape index (κ3) is 3.69. The number of hydrogen-bond acceptors (Lipinski definition) is 5. The van der Waals surface area contributed by atoms with Crippen LogP contribution in [-0.2, 0) is 5.41 Å². The molecule has 0 aliphatic rings. The van der Waals surface area contributed by atoms with Crippen LogP contribution in [0, 0.1) is 11.3 Å². The third-order valence-electron chi connectivity index (χ3n) is 2.94. The monoisotopic (exact) mass is 281 g/mol. The van der Waals surface area contributed by atoms with Gasteiger partial charge in [0.2, 0.25) is 0 Å². The molecule has 0 aliphatic heterocycles. The molecule has 1 aromatic heterocycles. The van der Waals surface area contributed by atoms with Crippen LogP contribution in [-0.4, -0.2) is 17.0 Å². The molecule has 2 N–H and O–H groups in total. The number of anilines is 3.